The van der Waals surface area contributed by atoms with E-state index in [2.05, 4.69) is 0 Å². The molecule has 3 atom stereocenters. The molecule has 2 aromatic carbocycles. The summed E-state index contributed by atoms with van der Waals surface area (Å²) in [7, 11) is 1.57. The molecule has 22 heavy (non-hydrogen) atoms. The number of hydrogen-bond donors (Lipinski definition) is 0. The highest BCUT2D eigenvalue weighted by molar-refractivity contribution is 6.01. The Balaban J connectivity index is 1.98. The second-order valence-corrected chi connectivity index (χ2v) is 5.75. The molecule has 4 rings (SSSR count). The van der Waals surface area contributed by atoms with Crippen LogP contribution in [0.5, 0.6) is 0 Å². The first kappa shape index (κ1) is 13.5. The summed E-state index contributed by atoms with van der Waals surface area (Å²) in [5.41, 5.74) is 1.18. The number of carbonyl (C=O) groups excluding carboxylic acids is 1. The topological polar surface area (TPSA) is 29.5 Å². The van der Waals surface area contributed by atoms with E-state index in [1.807, 2.05) is 48.5 Å². The van der Waals surface area contributed by atoms with Crippen molar-refractivity contribution in [1.82, 2.24) is 4.90 Å². The van der Waals surface area contributed by atoms with Crippen molar-refractivity contribution in [1.29, 1.82) is 0 Å². The molecule has 1 amide bonds. The van der Waals surface area contributed by atoms with Gasteiger partial charge >= 0.3 is 0 Å². The van der Waals surface area contributed by atoms with Gasteiger partial charge in [-0.2, -0.15) is 0 Å². The van der Waals surface area contributed by atoms with E-state index in [9.17, 15) is 9.18 Å². The van der Waals surface area contributed by atoms with E-state index >= 15 is 0 Å². The van der Waals surface area contributed by atoms with Crippen LogP contribution in [0.25, 0.3) is 0 Å². The molecule has 0 N–H and O–H groups in total. The molecule has 2 aliphatic rings. The number of benzene rings is 2. The van der Waals surface area contributed by atoms with Crippen LogP contribution < -0.4 is 0 Å². The average molecular weight is 297 g/mol. The third-order valence-electron chi connectivity index (χ3n) is 4.55. The Labute approximate surface area is 128 Å². The van der Waals surface area contributed by atoms with Gasteiger partial charge < -0.3 is 4.74 Å². The minimum atomic E-state index is -1.04. The van der Waals surface area contributed by atoms with E-state index in [0.717, 1.165) is 11.1 Å². The zero-order chi connectivity index (χ0) is 15.3. The van der Waals surface area contributed by atoms with Gasteiger partial charge in [-0.05, 0) is 6.07 Å². The molecule has 112 valence electrons. The monoisotopic (exact) mass is 297 g/mol. The minimum Gasteiger partial charge on any atom is -0.350 e. The van der Waals surface area contributed by atoms with E-state index in [-0.39, 0.29) is 5.91 Å². The predicted molar refractivity (Wildman–Crippen MR) is 80.1 cm³/mol. The Morgan fingerprint density at radius 1 is 1.14 bits per heavy atom. The van der Waals surface area contributed by atoms with Gasteiger partial charge in [-0.3, -0.25) is 9.69 Å². The second-order valence-electron chi connectivity index (χ2n) is 5.75. The summed E-state index contributed by atoms with van der Waals surface area (Å²) >= 11 is 0. The fourth-order valence-corrected chi connectivity index (χ4v) is 3.46. The molecule has 2 aromatic rings. The van der Waals surface area contributed by atoms with Crippen LogP contribution in [0.1, 0.15) is 27.9 Å². The fraction of sp³-hybridized carbons (Fsp3) is 0.278. The molecule has 0 aromatic heterocycles. The summed E-state index contributed by atoms with van der Waals surface area (Å²) in [4.78, 5) is 14.4. The van der Waals surface area contributed by atoms with Crippen LogP contribution in [0.15, 0.2) is 54.6 Å². The van der Waals surface area contributed by atoms with Crippen molar-refractivity contribution in [2.45, 2.75) is 24.4 Å². The second kappa shape index (κ2) is 4.65. The summed E-state index contributed by atoms with van der Waals surface area (Å²) < 4.78 is 19.7. The molecule has 0 radical (unpaired) electrons. The van der Waals surface area contributed by atoms with Crippen molar-refractivity contribution in [2.24, 2.45) is 0 Å². The summed E-state index contributed by atoms with van der Waals surface area (Å²) in [6.07, 6.45) is -0.603. The number of halogens is 1. The van der Waals surface area contributed by atoms with Crippen molar-refractivity contribution in [2.75, 3.05) is 7.11 Å². The zero-order valence-corrected chi connectivity index (χ0v) is 12.2. The van der Waals surface area contributed by atoms with Crippen LogP contribution in [-0.2, 0) is 10.5 Å². The molecule has 0 saturated heterocycles. The lowest BCUT2D eigenvalue weighted by atomic mass is 9.93. The van der Waals surface area contributed by atoms with Gasteiger partial charge in [0.1, 0.15) is 6.17 Å². The smallest absolute Gasteiger partial charge is 0.257 e. The average Bonchev–Trinajstić information content (AvgIpc) is 3.22. The van der Waals surface area contributed by atoms with E-state index in [1.165, 1.54) is 0 Å². The Morgan fingerprint density at radius 2 is 1.77 bits per heavy atom. The number of ether oxygens (including phenoxy) is 1. The predicted octanol–water partition coefficient (Wildman–Crippen LogP) is 3.10. The Hall–Kier alpha value is -2.20. The fourth-order valence-electron chi connectivity index (χ4n) is 3.46. The number of carbonyl (C=O) groups is 1. The van der Waals surface area contributed by atoms with Crippen LogP contribution in [0.4, 0.5) is 4.39 Å². The van der Waals surface area contributed by atoms with Crippen molar-refractivity contribution < 1.29 is 13.9 Å². The lowest BCUT2D eigenvalue weighted by molar-refractivity contribution is -0.0886. The Morgan fingerprint density at radius 3 is 2.41 bits per heavy atom. The largest absolute Gasteiger partial charge is 0.350 e. The SMILES string of the molecule is COC1(c2ccccc2)c2ccccc2C(=O)N1[C@H]1C[C@H]1F. The van der Waals surface area contributed by atoms with E-state index in [0.29, 0.717) is 12.0 Å². The molecule has 1 aliphatic heterocycles. The standard InChI is InChI=1S/C18H16FNO2/c1-22-18(12-7-3-2-4-8-12)14-10-6-5-9-13(14)17(21)20(18)16-11-15(16)19/h2-10,15-16H,11H2,1H3/t15-,16+,18?/m1/s1. The first-order chi connectivity index (χ1) is 10.7. The molecule has 1 fully saturated rings. The van der Waals surface area contributed by atoms with Gasteiger partial charge in [0.15, 0.2) is 5.72 Å². The van der Waals surface area contributed by atoms with Crippen molar-refractivity contribution in [3.8, 4) is 0 Å². The summed E-state index contributed by atoms with van der Waals surface area (Å²) in [5, 5.41) is 0. The van der Waals surface area contributed by atoms with Gasteiger partial charge in [0.2, 0.25) is 0 Å². The molecular formula is C18H16FNO2. The maximum Gasteiger partial charge on any atom is 0.257 e. The Bertz CT molecular complexity index is 733. The third kappa shape index (κ3) is 1.61. The molecular weight excluding hydrogens is 281 g/mol. The molecule has 1 aliphatic carbocycles. The molecule has 0 spiro atoms. The number of rotatable bonds is 3. The van der Waals surface area contributed by atoms with Gasteiger partial charge in [-0.15, -0.1) is 0 Å². The van der Waals surface area contributed by atoms with Gasteiger partial charge in [0.05, 0.1) is 6.04 Å². The number of fused-ring (bicyclic) bond motifs is 1. The van der Waals surface area contributed by atoms with Crippen LogP contribution in [0, 0.1) is 0 Å². The van der Waals surface area contributed by atoms with Crippen LogP contribution in [0.2, 0.25) is 0 Å². The van der Waals surface area contributed by atoms with Gasteiger partial charge in [0.25, 0.3) is 5.91 Å². The molecule has 1 saturated carbocycles. The molecule has 1 unspecified atom stereocenters. The highest BCUT2D eigenvalue weighted by Gasteiger charge is 2.59. The minimum absolute atomic E-state index is 0.161. The van der Waals surface area contributed by atoms with Crippen LogP contribution >= 0.6 is 0 Å². The van der Waals surface area contributed by atoms with Crippen molar-refractivity contribution >= 4 is 5.91 Å². The first-order valence-electron chi connectivity index (χ1n) is 7.38. The Kier molecular flexibility index (Phi) is 2.84. The van der Waals surface area contributed by atoms with Gasteiger partial charge in [0, 0.05) is 30.2 Å². The quantitative estimate of drug-likeness (QED) is 0.871. The summed E-state index contributed by atoms with van der Waals surface area (Å²) in [6.45, 7) is 0. The number of methoxy groups -OCH3 is 1. The molecule has 1 heterocycles. The van der Waals surface area contributed by atoms with E-state index in [1.54, 1.807) is 18.1 Å². The first-order valence-corrected chi connectivity index (χ1v) is 7.38. The van der Waals surface area contributed by atoms with Gasteiger partial charge in [-0.25, -0.2) is 4.39 Å². The molecule has 3 nitrogen and oxygen atoms in total. The number of nitrogens with zero attached hydrogens (tertiary/aromatic N) is 1. The lowest BCUT2D eigenvalue weighted by Gasteiger charge is -2.38. The van der Waals surface area contributed by atoms with Gasteiger partial charge in [-0.1, -0.05) is 48.5 Å². The number of alkyl halides is 1. The maximum atomic E-state index is 13.8. The summed E-state index contributed by atoms with van der Waals surface area (Å²) in [6, 6.07) is 16.5. The number of amides is 1. The van der Waals surface area contributed by atoms with E-state index in [4.69, 9.17) is 4.74 Å². The van der Waals surface area contributed by atoms with Crippen LogP contribution in [0.3, 0.4) is 0 Å². The molecule has 0 bridgehead atoms. The summed E-state index contributed by atoms with van der Waals surface area (Å²) in [5.74, 6) is -0.161. The normalized spacial score (nSPS) is 29.5. The highest BCUT2D eigenvalue weighted by Crippen LogP contribution is 2.50. The maximum absolute atomic E-state index is 13.8. The van der Waals surface area contributed by atoms with Crippen molar-refractivity contribution in [3.05, 3.63) is 71.3 Å². The lowest BCUT2D eigenvalue weighted by Crippen LogP contribution is -2.48. The zero-order valence-electron chi connectivity index (χ0n) is 12.2. The van der Waals surface area contributed by atoms with E-state index < -0.39 is 17.9 Å². The molecule has 4 heteroatoms. The number of hydrogen-bond acceptors (Lipinski definition) is 2. The van der Waals surface area contributed by atoms with Crippen molar-refractivity contribution in [3.63, 3.8) is 0 Å². The highest BCUT2D eigenvalue weighted by atomic mass is 19.1. The third-order valence-corrected chi connectivity index (χ3v) is 4.55. The van der Waals surface area contributed by atoms with Crippen LogP contribution in [-0.4, -0.2) is 30.1 Å².